The van der Waals surface area contributed by atoms with Gasteiger partial charge in [0.1, 0.15) is 17.4 Å². The second kappa shape index (κ2) is 5.37. The number of carbonyl (C=O) groups is 2. The van der Waals surface area contributed by atoms with Crippen LogP contribution in [0.3, 0.4) is 0 Å². The summed E-state index contributed by atoms with van der Waals surface area (Å²) >= 11 is 0. The summed E-state index contributed by atoms with van der Waals surface area (Å²) in [7, 11) is 0. The van der Waals surface area contributed by atoms with Crippen LogP contribution < -0.4 is 5.32 Å². The van der Waals surface area contributed by atoms with Gasteiger partial charge < -0.3 is 14.6 Å². The highest BCUT2D eigenvalue weighted by Gasteiger charge is 2.38. The van der Waals surface area contributed by atoms with Crippen molar-refractivity contribution in [2.24, 2.45) is 0 Å². The van der Waals surface area contributed by atoms with E-state index in [4.69, 9.17) is 4.42 Å². The summed E-state index contributed by atoms with van der Waals surface area (Å²) in [5, 5.41) is 3.26. The number of nitrogens with zero attached hydrogens (tertiary/aromatic N) is 1. The van der Waals surface area contributed by atoms with Crippen molar-refractivity contribution in [1.29, 1.82) is 0 Å². The van der Waals surface area contributed by atoms with E-state index in [-0.39, 0.29) is 11.5 Å². The number of nitrogens with one attached hydrogen (secondary N) is 1. The van der Waals surface area contributed by atoms with E-state index in [2.05, 4.69) is 5.32 Å². The number of halogens is 1. The Morgan fingerprint density at radius 1 is 1.30 bits per heavy atom. The minimum absolute atomic E-state index is 0.0323. The first-order valence-electron chi connectivity index (χ1n) is 7.91. The van der Waals surface area contributed by atoms with E-state index in [0.29, 0.717) is 30.0 Å². The van der Waals surface area contributed by atoms with Gasteiger partial charge in [-0.3, -0.25) is 9.59 Å². The quantitative estimate of drug-likeness (QED) is 0.946. The first kappa shape index (κ1) is 14.2. The SMILES string of the molecule is O=C(NC1CCN(C2CCC2)C1=O)c1cc(F)cc2ccoc12. The number of likely N-dealkylation sites (tertiary alicyclic amines) is 1. The van der Waals surface area contributed by atoms with Crippen molar-refractivity contribution in [2.75, 3.05) is 6.54 Å². The summed E-state index contributed by atoms with van der Waals surface area (Å²) in [6.07, 6.45) is 5.26. The second-order valence-electron chi connectivity index (χ2n) is 6.22. The molecule has 2 amide bonds. The molecule has 1 aromatic heterocycles. The van der Waals surface area contributed by atoms with Crippen molar-refractivity contribution in [3.63, 3.8) is 0 Å². The summed E-state index contributed by atoms with van der Waals surface area (Å²) in [5.41, 5.74) is 0.463. The van der Waals surface area contributed by atoms with Crippen LogP contribution in [0.5, 0.6) is 0 Å². The lowest BCUT2D eigenvalue weighted by atomic mass is 9.92. The number of benzene rings is 1. The predicted molar refractivity (Wildman–Crippen MR) is 81.4 cm³/mol. The van der Waals surface area contributed by atoms with Gasteiger partial charge in [0.15, 0.2) is 0 Å². The minimum atomic E-state index is -0.531. The fraction of sp³-hybridized carbons (Fsp3) is 0.412. The van der Waals surface area contributed by atoms with Gasteiger partial charge in [-0.1, -0.05) is 0 Å². The molecule has 6 heteroatoms. The molecule has 0 radical (unpaired) electrons. The van der Waals surface area contributed by atoms with E-state index >= 15 is 0 Å². The van der Waals surface area contributed by atoms with E-state index in [1.54, 1.807) is 6.07 Å². The highest BCUT2D eigenvalue weighted by molar-refractivity contribution is 6.06. The third kappa shape index (κ3) is 2.38. The van der Waals surface area contributed by atoms with Crippen LogP contribution in [-0.4, -0.2) is 35.3 Å². The molecule has 120 valence electrons. The Morgan fingerprint density at radius 3 is 2.87 bits per heavy atom. The van der Waals surface area contributed by atoms with Gasteiger partial charge in [-0.05, 0) is 43.9 Å². The molecule has 5 nitrogen and oxygen atoms in total. The number of carbonyl (C=O) groups excluding carboxylic acids is 2. The molecule has 1 atom stereocenters. The standard InChI is InChI=1S/C17H17FN2O3/c18-11-8-10-5-7-23-15(10)13(9-11)16(21)19-14-4-6-20(17(14)22)12-2-1-3-12/h5,7-9,12,14H,1-4,6H2,(H,19,21). The molecule has 2 heterocycles. The Balaban J connectivity index is 1.53. The summed E-state index contributed by atoms with van der Waals surface area (Å²) < 4.78 is 18.9. The average Bonchev–Trinajstić information content (AvgIpc) is 3.06. The second-order valence-corrected chi connectivity index (χ2v) is 6.22. The van der Waals surface area contributed by atoms with Crippen LogP contribution in [0.15, 0.2) is 28.9 Å². The van der Waals surface area contributed by atoms with Crippen LogP contribution in [0.4, 0.5) is 4.39 Å². The van der Waals surface area contributed by atoms with Crippen molar-refractivity contribution < 1.29 is 18.4 Å². The van der Waals surface area contributed by atoms with Crippen molar-refractivity contribution in [3.05, 3.63) is 35.8 Å². The zero-order valence-electron chi connectivity index (χ0n) is 12.5. The third-order valence-electron chi connectivity index (χ3n) is 4.82. The number of furan rings is 1. The fourth-order valence-electron chi connectivity index (χ4n) is 3.35. The molecular weight excluding hydrogens is 299 g/mol. The van der Waals surface area contributed by atoms with Gasteiger partial charge in [0.05, 0.1) is 11.8 Å². The number of hydrogen-bond acceptors (Lipinski definition) is 3. The first-order valence-corrected chi connectivity index (χ1v) is 7.91. The molecule has 4 rings (SSSR count). The molecule has 1 N–H and O–H groups in total. The average molecular weight is 316 g/mol. The minimum Gasteiger partial charge on any atom is -0.464 e. The molecule has 0 spiro atoms. The first-order chi connectivity index (χ1) is 11.1. The van der Waals surface area contributed by atoms with Gasteiger partial charge in [-0.2, -0.15) is 0 Å². The van der Waals surface area contributed by atoms with E-state index in [1.165, 1.54) is 12.3 Å². The van der Waals surface area contributed by atoms with Gasteiger partial charge in [-0.15, -0.1) is 0 Å². The van der Waals surface area contributed by atoms with Crippen molar-refractivity contribution >= 4 is 22.8 Å². The van der Waals surface area contributed by atoms with Crippen LogP contribution in [-0.2, 0) is 4.79 Å². The molecule has 1 saturated heterocycles. The summed E-state index contributed by atoms with van der Waals surface area (Å²) in [6.45, 7) is 0.674. The number of fused-ring (bicyclic) bond motifs is 1. The summed E-state index contributed by atoms with van der Waals surface area (Å²) in [5.74, 6) is -1.01. The Morgan fingerprint density at radius 2 is 2.13 bits per heavy atom. The maximum atomic E-state index is 13.6. The van der Waals surface area contributed by atoms with Crippen LogP contribution in [0.2, 0.25) is 0 Å². The molecule has 1 unspecified atom stereocenters. The van der Waals surface area contributed by atoms with Crippen molar-refractivity contribution in [3.8, 4) is 0 Å². The van der Waals surface area contributed by atoms with Crippen LogP contribution >= 0.6 is 0 Å². The zero-order chi connectivity index (χ0) is 16.0. The maximum Gasteiger partial charge on any atom is 0.255 e. The van der Waals surface area contributed by atoms with Crippen LogP contribution in [0.25, 0.3) is 11.0 Å². The smallest absolute Gasteiger partial charge is 0.255 e. The molecular formula is C17H17FN2O3. The zero-order valence-corrected chi connectivity index (χ0v) is 12.5. The van der Waals surface area contributed by atoms with Crippen molar-refractivity contribution in [1.82, 2.24) is 10.2 Å². The highest BCUT2D eigenvalue weighted by Crippen LogP contribution is 2.29. The molecule has 2 aliphatic rings. The fourth-order valence-corrected chi connectivity index (χ4v) is 3.35. The van der Waals surface area contributed by atoms with Crippen molar-refractivity contribution in [2.45, 2.75) is 37.8 Å². The van der Waals surface area contributed by atoms with E-state index < -0.39 is 17.8 Å². The number of rotatable bonds is 3. The Labute approximate surface area is 132 Å². The molecule has 2 aromatic rings. The highest BCUT2D eigenvalue weighted by atomic mass is 19.1. The third-order valence-corrected chi connectivity index (χ3v) is 4.82. The topological polar surface area (TPSA) is 62.6 Å². The lowest BCUT2D eigenvalue weighted by Crippen LogP contribution is -2.46. The Hall–Kier alpha value is -2.37. The van der Waals surface area contributed by atoms with Gasteiger partial charge in [0, 0.05) is 18.0 Å². The monoisotopic (exact) mass is 316 g/mol. The van der Waals surface area contributed by atoms with Crippen LogP contribution in [0.1, 0.15) is 36.0 Å². The van der Waals surface area contributed by atoms with Gasteiger partial charge in [-0.25, -0.2) is 4.39 Å². The van der Waals surface area contributed by atoms with E-state index in [9.17, 15) is 14.0 Å². The van der Waals surface area contributed by atoms with Gasteiger partial charge >= 0.3 is 0 Å². The Kier molecular flexibility index (Phi) is 3.32. The molecule has 1 aromatic carbocycles. The lowest BCUT2D eigenvalue weighted by molar-refractivity contribution is -0.132. The van der Waals surface area contributed by atoms with Gasteiger partial charge in [0.2, 0.25) is 5.91 Å². The predicted octanol–water partition coefficient (Wildman–Crippen LogP) is 2.46. The largest absolute Gasteiger partial charge is 0.464 e. The van der Waals surface area contributed by atoms with Gasteiger partial charge in [0.25, 0.3) is 5.91 Å². The molecule has 1 aliphatic heterocycles. The number of amides is 2. The normalized spacial score (nSPS) is 21.7. The molecule has 23 heavy (non-hydrogen) atoms. The lowest BCUT2D eigenvalue weighted by Gasteiger charge is -2.34. The maximum absolute atomic E-state index is 13.6. The molecule has 2 fully saturated rings. The van der Waals surface area contributed by atoms with Crippen LogP contribution in [0, 0.1) is 5.82 Å². The molecule has 1 aliphatic carbocycles. The Bertz CT molecular complexity index is 781. The molecule has 0 bridgehead atoms. The summed E-state index contributed by atoms with van der Waals surface area (Å²) in [4.78, 5) is 26.7. The molecule has 1 saturated carbocycles. The summed E-state index contributed by atoms with van der Waals surface area (Å²) in [6, 6.07) is 3.86. The van der Waals surface area contributed by atoms with E-state index in [0.717, 1.165) is 25.3 Å². The number of hydrogen-bond donors (Lipinski definition) is 1. The van der Waals surface area contributed by atoms with E-state index in [1.807, 2.05) is 4.90 Å².